The molecule has 0 aromatic heterocycles. The molecule has 1 aliphatic carbocycles. The molecule has 0 unspecified atom stereocenters. The first-order chi connectivity index (χ1) is 19.0. The summed E-state index contributed by atoms with van der Waals surface area (Å²) in [7, 11) is -1.47. The van der Waals surface area contributed by atoms with Gasteiger partial charge < -0.3 is 4.74 Å². The Morgan fingerprint density at radius 2 is 1.38 bits per heavy atom. The standard InChI is InChI=1S/C33H34N2O3S/c1-34(23-27-11-5-2-6-12-27)33-22-29(33)24-35(39(36,37)31-15-9-4-10-16-31)32(33)21-26-17-19-30(20-18-26)38-25-28-13-7-3-8-14-28/h2-20,29,32H,21-25H2,1H3/t29-,32-,33+/m0/s1. The van der Waals surface area contributed by atoms with Crippen molar-refractivity contribution in [1.29, 1.82) is 0 Å². The topological polar surface area (TPSA) is 49.9 Å². The Morgan fingerprint density at radius 3 is 2.03 bits per heavy atom. The maximum Gasteiger partial charge on any atom is 0.243 e. The summed E-state index contributed by atoms with van der Waals surface area (Å²) in [6.45, 7) is 1.86. The largest absolute Gasteiger partial charge is 0.489 e. The summed E-state index contributed by atoms with van der Waals surface area (Å²) < 4.78 is 35.5. The van der Waals surface area contributed by atoms with Crippen molar-refractivity contribution < 1.29 is 13.2 Å². The lowest BCUT2D eigenvalue weighted by atomic mass is 9.96. The zero-order chi connectivity index (χ0) is 26.9. The number of rotatable bonds is 10. The molecule has 1 heterocycles. The number of fused-ring (bicyclic) bond motifs is 1. The maximum absolute atomic E-state index is 13.9. The number of benzene rings is 4. The van der Waals surface area contributed by atoms with Crippen molar-refractivity contribution in [3.63, 3.8) is 0 Å². The first kappa shape index (κ1) is 25.8. The van der Waals surface area contributed by atoms with Gasteiger partial charge in [-0.15, -0.1) is 0 Å². The Balaban J connectivity index is 1.26. The van der Waals surface area contributed by atoms with Gasteiger partial charge in [-0.3, -0.25) is 4.90 Å². The second kappa shape index (κ2) is 10.6. The zero-order valence-corrected chi connectivity index (χ0v) is 23.0. The second-order valence-corrected chi connectivity index (χ2v) is 12.7. The van der Waals surface area contributed by atoms with Crippen LogP contribution in [-0.4, -0.2) is 42.8 Å². The molecule has 3 atom stereocenters. The summed E-state index contributed by atoms with van der Waals surface area (Å²) in [4.78, 5) is 2.76. The summed E-state index contributed by atoms with van der Waals surface area (Å²) in [6.07, 6.45) is 1.67. The van der Waals surface area contributed by atoms with Crippen molar-refractivity contribution in [3.8, 4) is 5.75 Å². The van der Waals surface area contributed by atoms with Gasteiger partial charge in [0.2, 0.25) is 10.0 Å². The van der Waals surface area contributed by atoms with Crippen molar-refractivity contribution in [2.45, 2.75) is 42.5 Å². The molecule has 0 bridgehead atoms. The van der Waals surface area contributed by atoms with Crippen LogP contribution in [0.4, 0.5) is 0 Å². The lowest BCUT2D eigenvalue weighted by Gasteiger charge is -2.37. The summed E-state index contributed by atoms with van der Waals surface area (Å²) >= 11 is 0. The van der Waals surface area contributed by atoms with Gasteiger partial charge in [-0.25, -0.2) is 8.42 Å². The van der Waals surface area contributed by atoms with Crippen molar-refractivity contribution in [2.75, 3.05) is 13.6 Å². The lowest BCUT2D eigenvalue weighted by Crippen LogP contribution is -2.51. The van der Waals surface area contributed by atoms with Gasteiger partial charge in [-0.2, -0.15) is 4.31 Å². The van der Waals surface area contributed by atoms with E-state index >= 15 is 0 Å². The SMILES string of the molecule is CN(Cc1ccccc1)[C@]12C[C@H]1CN(S(=O)(=O)c1ccccc1)[C@H]2Cc1ccc(OCc2ccccc2)cc1. The fraction of sp³-hybridized carbons (Fsp3) is 0.273. The fourth-order valence-electron chi connectivity index (χ4n) is 6.24. The van der Waals surface area contributed by atoms with Gasteiger partial charge in [0.15, 0.2) is 0 Å². The maximum atomic E-state index is 13.9. The molecular formula is C33H34N2O3S. The predicted molar refractivity (Wildman–Crippen MR) is 154 cm³/mol. The molecule has 6 heteroatoms. The summed E-state index contributed by atoms with van der Waals surface area (Å²) in [6, 6.07) is 37.4. The van der Waals surface area contributed by atoms with Crippen LogP contribution < -0.4 is 4.74 Å². The highest BCUT2D eigenvalue weighted by Gasteiger charge is 2.69. The highest BCUT2D eigenvalue weighted by atomic mass is 32.2. The third-order valence-electron chi connectivity index (χ3n) is 8.37. The van der Waals surface area contributed by atoms with E-state index in [9.17, 15) is 8.42 Å². The number of hydrogen-bond acceptors (Lipinski definition) is 4. The number of nitrogens with zero attached hydrogens (tertiary/aromatic N) is 2. The first-order valence-electron chi connectivity index (χ1n) is 13.5. The van der Waals surface area contributed by atoms with E-state index in [-0.39, 0.29) is 11.6 Å². The fourth-order valence-corrected chi connectivity index (χ4v) is 7.98. The summed E-state index contributed by atoms with van der Waals surface area (Å²) in [5.74, 6) is 1.13. The van der Waals surface area contributed by atoms with Crippen molar-refractivity contribution in [1.82, 2.24) is 9.21 Å². The zero-order valence-electron chi connectivity index (χ0n) is 22.2. The highest BCUT2D eigenvalue weighted by molar-refractivity contribution is 7.89. The normalized spacial score (nSPS) is 22.5. The molecule has 0 N–H and O–H groups in total. The number of ether oxygens (including phenoxy) is 1. The molecule has 200 valence electrons. The van der Waals surface area contributed by atoms with Crippen LogP contribution in [0.2, 0.25) is 0 Å². The minimum atomic E-state index is -3.62. The summed E-state index contributed by atoms with van der Waals surface area (Å²) in [5.41, 5.74) is 3.29. The Bertz CT molecular complexity index is 1500. The molecule has 4 aromatic rings. The van der Waals surface area contributed by atoms with E-state index in [2.05, 4.69) is 48.3 Å². The Morgan fingerprint density at radius 1 is 0.795 bits per heavy atom. The molecule has 2 fully saturated rings. The molecule has 0 amide bonds. The van der Waals surface area contributed by atoms with Gasteiger partial charge in [0.25, 0.3) is 0 Å². The van der Waals surface area contributed by atoms with Crippen LogP contribution in [0.5, 0.6) is 5.75 Å². The van der Waals surface area contributed by atoms with Gasteiger partial charge in [0.05, 0.1) is 4.90 Å². The molecule has 2 aliphatic rings. The van der Waals surface area contributed by atoms with E-state index in [1.165, 1.54) is 5.56 Å². The Hall–Kier alpha value is -3.45. The Labute approximate surface area is 231 Å². The molecule has 0 spiro atoms. The summed E-state index contributed by atoms with van der Waals surface area (Å²) in [5, 5.41) is 0. The number of piperidine rings is 1. The van der Waals surface area contributed by atoms with E-state index in [0.29, 0.717) is 30.4 Å². The van der Waals surface area contributed by atoms with Gasteiger partial charge >= 0.3 is 0 Å². The van der Waals surface area contributed by atoms with Crippen LogP contribution in [0.25, 0.3) is 0 Å². The molecule has 5 nitrogen and oxygen atoms in total. The van der Waals surface area contributed by atoms with E-state index in [1.54, 1.807) is 28.6 Å². The van der Waals surface area contributed by atoms with E-state index in [1.807, 2.05) is 54.6 Å². The quantitative estimate of drug-likeness (QED) is 0.257. The number of likely N-dealkylation sites (N-methyl/N-ethyl adjacent to an activating group) is 1. The molecule has 4 aromatic carbocycles. The van der Waals surface area contributed by atoms with E-state index in [0.717, 1.165) is 29.8 Å². The number of sulfonamides is 1. The second-order valence-electron chi connectivity index (χ2n) is 10.8. The van der Waals surface area contributed by atoms with Crippen molar-refractivity contribution in [3.05, 3.63) is 132 Å². The van der Waals surface area contributed by atoms with Crippen LogP contribution in [0, 0.1) is 5.92 Å². The smallest absolute Gasteiger partial charge is 0.243 e. The molecule has 6 rings (SSSR count). The Kier molecular flexibility index (Phi) is 7.02. The first-order valence-corrected chi connectivity index (χ1v) is 15.0. The van der Waals surface area contributed by atoms with Crippen molar-refractivity contribution >= 4 is 10.0 Å². The average molecular weight is 539 g/mol. The molecular weight excluding hydrogens is 504 g/mol. The van der Waals surface area contributed by atoms with E-state index in [4.69, 9.17) is 4.74 Å². The van der Waals surface area contributed by atoms with Crippen LogP contribution in [0.3, 0.4) is 0 Å². The predicted octanol–water partition coefficient (Wildman–Crippen LogP) is 5.77. The van der Waals surface area contributed by atoms with Crippen molar-refractivity contribution in [2.24, 2.45) is 5.92 Å². The average Bonchev–Trinajstić information content (AvgIpc) is 3.62. The molecule has 39 heavy (non-hydrogen) atoms. The van der Waals surface area contributed by atoms with E-state index < -0.39 is 10.0 Å². The molecule has 1 saturated carbocycles. The molecule has 1 aliphatic heterocycles. The lowest BCUT2D eigenvalue weighted by molar-refractivity contribution is 0.151. The minimum absolute atomic E-state index is 0.155. The van der Waals surface area contributed by atoms with Gasteiger partial charge in [-0.1, -0.05) is 91.0 Å². The van der Waals surface area contributed by atoms with Crippen LogP contribution in [-0.2, 0) is 29.6 Å². The minimum Gasteiger partial charge on any atom is -0.489 e. The highest BCUT2D eigenvalue weighted by Crippen LogP contribution is 2.59. The van der Waals surface area contributed by atoms with Crippen LogP contribution >= 0.6 is 0 Å². The monoisotopic (exact) mass is 538 g/mol. The molecule has 1 saturated heterocycles. The number of hydrogen-bond donors (Lipinski definition) is 0. The molecule has 0 radical (unpaired) electrons. The third-order valence-corrected chi connectivity index (χ3v) is 10.3. The van der Waals surface area contributed by atoms with Gasteiger partial charge in [0.1, 0.15) is 12.4 Å². The van der Waals surface area contributed by atoms with Crippen LogP contribution in [0.1, 0.15) is 23.1 Å². The van der Waals surface area contributed by atoms with Crippen LogP contribution in [0.15, 0.2) is 120 Å². The third kappa shape index (κ3) is 5.12. The van der Waals surface area contributed by atoms with Gasteiger partial charge in [-0.05, 0) is 66.8 Å². The van der Waals surface area contributed by atoms with Gasteiger partial charge in [0, 0.05) is 24.7 Å².